The summed E-state index contributed by atoms with van der Waals surface area (Å²) in [6, 6.07) is 32.3. The third-order valence-electron chi connectivity index (χ3n) is 6.13. The first-order chi connectivity index (χ1) is 17.4. The van der Waals surface area contributed by atoms with Gasteiger partial charge < -0.3 is 15.4 Å². The number of likely N-dealkylation sites (tertiary alicyclic amines) is 1. The quantitative estimate of drug-likeness (QED) is 0.431. The van der Waals surface area contributed by atoms with Gasteiger partial charge in [0.2, 0.25) is 0 Å². The molecule has 0 aliphatic carbocycles. The number of amides is 1. The Hall–Kier alpha value is -2.68. The number of nitrogens with two attached hydrogens (primary N) is 1. The fourth-order valence-corrected chi connectivity index (χ4v) is 6.62. The summed E-state index contributed by atoms with van der Waals surface area (Å²) in [5.74, 6) is 0.734. The van der Waals surface area contributed by atoms with Crippen molar-refractivity contribution in [3.8, 4) is 0 Å². The molecule has 4 nitrogen and oxygen atoms in total. The van der Waals surface area contributed by atoms with Crippen LogP contribution in [-0.4, -0.2) is 36.2 Å². The van der Waals surface area contributed by atoms with Crippen molar-refractivity contribution in [3.63, 3.8) is 0 Å². The Labute approximate surface area is 218 Å². The lowest BCUT2D eigenvalue weighted by Crippen LogP contribution is -2.41. The van der Waals surface area contributed by atoms with Gasteiger partial charge in [-0.2, -0.15) is 0 Å². The van der Waals surface area contributed by atoms with Crippen LogP contribution >= 0.6 is 7.92 Å². The molecule has 4 rings (SSSR count). The molecule has 0 spiro atoms. The van der Waals surface area contributed by atoms with E-state index >= 15 is 0 Å². The minimum atomic E-state index is -0.446. The number of nitrogens with zero attached hydrogens (tertiary/aromatic N) is 1. The second-order valence-electron chi connectivity index (χ2n) is 10.2. The van der Waals surface area contributed by atoms with Crippen molar-refractivity contribution >= 4 is 29.9 Å². The summed E-state index contributed by atoms with van der Waals surface area (Å²) in [6.45, 7) is 8.12. The molecule has 5 heteroatoms. The molecular weight excluding hydrogens is 463 g/mol. The number of hydrogen-bond donors (Lipinski definition) is 1. The fourth-order valence-electron chi connectivity index (χ4n) is 4.32. The Kier molecular flexibility index (Phi) is 11.0. The van der Waals surface area contributed by atoms with Crippen molar-refractivity contribution in [2.45, 2.75) is 52.1 Å². The van der Waals surface area contributed by atoms with E-state index in [0.29, 0.717) is 0 Å². The molecule has 1 aliphatic heterocycles. The molecule has 36 heavy (non-hydrogen) atoms. The maximum absolute atomic E-state index is 11.8. The van der Waals surface area contributed by atoms with Gasteiger partial charge in [0, 0.05) is 13.1 Å². The molecule has 0 radical (unpaired) electrons. The topological polar surface area (TPSA) is 55.6 Å². The highest BCUT2D eigenvalue weighted by Crippen LogP contribution is 2.32. The Morgan fingerprint density at radius 2 is 1.25 bits per heavy atom. The summed E-state index contributed by atoms with van der Waals surface area (Å²) < 4.78 is 5.36. The monoisotopic (exact) mass is 504 g/mol. The molecular formula is C31H41N2O2P. The molecule has 1 heterocycles. The van der Waals surface area contributed by atoms with Crippen LogP contribution in [0, 0.1) is 5.92 Å². The van der Waals surface area contributed by atoms with Gasteiger partial charge in [0.05, 0.1) is 0 Å². The zero-order valence-electron chi connectivity index (χ0n) is 22.0. The Morgan fingerprint density at radius 3 is 1.61 bits per heavy atom. The maximum Gasteiger partial charge on any atom is 0.410 e. The van der Waals surface area contributed by atoms with Gasteiger partial charge in [0.15, 0.2) is 0 Å². The van der Waals surface area contributed by atoms with Crippen molar-refractivity contribution in [1.29, 1.82) is 0 Å². The first-order valence-electron chi connectivity index (χ1n) is 13.0. The van der Waals surface area contributed by atoms with Crippen molar-refractivity contribution in [2.24, 2.45) is 11.7 Å². The van der Waals surface area contributed by atoms with Crippen LogP contribution in [0.1, 0.15) is 46.5 Å². The zero-order valence-corrected chi connectivity index (χ0v) is 22.9. The smallest absolute Gasteiger partial charge is 0.410 e. The molecule has 3 aromatic carbocycles. The average Bonchev–Trinajstić information content (AvgIpc) is 2.89. The van der Waals surface area contributed by atoms with E-state index in [1.165, 1.54) is 22.3 Å². The zero-order chi connectivity index (χ0) is 25.8. The van der Waals surface area contributed by atoms with Gasteiger partial charge in [-0.3, -0.25) is 0 Å². The minimum absolute atomic E-state index is 0.172. The van der Waals surface area contributed by atoms with Crippen LogP contribution < -0.4 is 21.6 Å². The van der Waals surface area contributed by atoms with E-state index in [0.717, 1.165) is 44.8 Å². The summed E-state index contributed by atoms with van der Waals surface area (Å²) in [7, 11) is -0.446. The number of carbonyl (C=O) groups excluding carboxylic acids is 1. The third-order valence-corrected chi connectivity index (χ3v) is 8.57. The number of hydrogen-bond acceptors (Lipinski definition) is 3. The van der Waals surface area contributed by atoms with E-state index in [1.807, 2.05) is 25.7 Å². The number of rotatable bonds is 6. The van der Waals surface area contributed by atoms with Crippen molar-refractivity contribution in [1.82, 2.24) is 4.90 Å². The van der Waals surface area contributed by atoms with Gasteiger partial charge in [0.1, 0.15) is 5.60 Å². The summed E-state index contributed by atoms with van der Waals surface area (Å²) >= 11 is 0. The van der Waals surface area contributed by atoms with Gasteiger partial charge in [0.25, 0.3) is 0 Å². The van der Waals surface area contributed by atoms with Crippen LogP contribution in [-0.2, 0) is 4.74 Å². The summed E-state index contributed by atoms with van der Waals surface area (Å²) in [5, 5.41) is 4.19. The Bertz CT molecular complexity index is 921. The van der Waals surface area contributed by atoms with Gasteiger partial charge >= 0.3 is 6.09 Å². The highest BCUT2D eigenvalue weighted by Gasteiger charge is 2.26. The van der Waals surface area contributed by atoms with Crippen molar-refractivity contribution < 1.29 is 9.53 Å². The van der Waals surface area contributed by atoms with E-state index in [9.17, 15) is 4.79 Å². The second-order valence-corrected chi connectivity index (χ2v) is 12.4. The van der Waals surface area contributed by atoms with Crippen LogP contribution in [0.15, 0.2) is 91.0 Å². The molecule has 1 amide bonds. The molecule has 0 aromatic heterocycles. The van der Waals surface area contributed by atoms with E-state index in [1.54, 1.807) is 0 Å². The van der Waals surface area contributed by atoms with Gasteiger partial charge in [-0.25, -0.2) is 4.79 Å². The summed E-state index contributed by atoms with van der Waals surface area (Å²) in [4.78, 5) is 13.6. The number of ether oxygens (including phenoxy) is 1. The Morgan fingerprint density at radius 1 is 0.833 bits per heavy atom. The van der Waals surface area contributed by atoms with Crippen LogP contribution in [0.4, 0.5) is 4.79 Å². The lowest BCUT2D eigenvalue weighted by molar-refractivity contribution is 0.0181. The lowest BCUT2D eigenvalue weighted by Gasteiger charge is -2.33. The summed E-state index contributed by atoms with van der Waals surface area (Å²) in [5.41, 5.74) is 5.11. The van der Waals surface area contributed by atoms with Gasteiger partial charge in [-0.15, -0.1) is 0 Å². The fraction of sp³-hybridized carbons (Fsp3) is 0.387. The molecule has 1 aliphatic rings. The molecule has 1 fully saturated rings. The van der Waals surface area contributed by atoms with Crippen molar-refractivity contribution in [2.75, 3.05) is 19.6 Å². The predicted molar refractivity (Wildman–Crippen MR) is 154 cm³/mol. The molecule has 192 valence electrons. The van der Waals surface area contributed by atoms with E-state index in [2.05, 4.69) is 91.0 Å². The first-order valence-corrected chi connectivity index (χ1v) is 14.3. The first kappa shape index (κ1) is 27.9. The van der Waals surface area contributed by atoms with E-state index in [-0.39, 0.29) is 6.09 Å². The molecule has 0 unspecified atom stereocenters. The van der Waals surface area contributed by atoms with Crippen LogP contribution in [0.5, 0.6) is 0 Å². The third kappa shape index (κ3) is 9.08. The molecule has 0 saturated carbocycles. The lowest BCUT2D eigenvalue weighted by atomic mass is 9.92. The largest absolute Gasteiger partial charge is 0.444 e. The number of piperidine rings is 1. The van der Waals surface area contributed by atoms with Crippen molar-refractivity contribution in [3.05, 3.63) is 91.0 Å². The van der Waals surface area contributed by atoms with E-state index < -0.39 is 13.5 Å². The van der Waals surface area contributed by atoms with Crippen LogP contribution in [0.2, 0.25) is 0 Å². The Balaban J connectivity index is 0.000000202. The van der Waals surface area contributed by atoms with E-state index in [4.69, 9.17) is 10.5 Å². The molecule has 3 aromatic rings. The molecule has 0 bridgehead atoms. The number of carbonyl (C=O) groups is 1. The highest BCUT2D eigenvalue weighted by molar-refractivity contribution is 7.79. The van der Waals surface area contributed by atoms with Crippen LogP contribution in [0.3, 0.4) is 0 Å². The molecule has 1 saturated heterocycles. The standard InChI is InChI=1S/C18H15P.C13H26N2O2/c1-4-10-16(11-5-1)19(17-12-6-2-7-13-17)18-14-8-3-9-15-18;1-13(2,3)17-12(16)15-9-6-11(7-10-15)5-4-8-14/h1-15H;11H,4-10,14H2,1-3H3. The maximum atomic E-state index is 11.8. The predicted octanol–water partition coefficient (Wildman–Crippen LogP) is 5.82. The van der Waals surface area contributed by atoms with Gasteiger partial charge in [-0.1, -0.05) is 91.0 Å². The molecule has 2 N–H and O–H groups in total. The second kappa shape index (κ2) is 14.2. The van der Waals surface area contributed by atoms with Gasteiger partial charge in [-0.05, 0) is 82.8 Å². The SMILES string of the molecule is CC(C)(C)OC(=O)N1CCC(CCCN)CC1.c1ccc(P(c2ccccc2)c2ccccc2)cc1. The molecule has 0 atom stereocenters. The summed E-state index contributed by atoms with van der Waals surface area (Å²) in [6.07, 6.45) is 4.28. The highest BCUT2D eigenvalue weighted by atomic mass is 31.1. The minimum Gasteiger partial charge on any atom is -0.444 e. The normalized spacial score (nSPS) is 14.2. The van der Waals surface area contributed by atoms with Crippen LogP contribution in [0.25, 0.3) is 0 Å². The average molecular weight is 505 g/mol. The number of benzene rings is 3.